The molecule has 148 valence electrons. The molecule has 0 aliphatic rings. The summed E-state index contributed by atoms with van der Waals surface area (Å²) >= 11 is 0. The molecule has 0 aromatic heterocycles. The van der Waals surface area contributed by atoms with Crippen LogP contribution in [0.5, 0.6) is 5.75 Å². The van der Waals surface area contributed by atoms with E-state index in [0.717, 1.165) is 11.3 Å². The van der Waals surface area contributed by atoms with Crippen LogP contribution in [0.25, 0.3) is 0 Å². The third-order valence-corrected chi connectivity index (χ3v) is 4.43. The van der Waals surface area contributed by atoms with Crippen LogP contribution < -0.4 is 10.1 Å². The van der Waals surface area contributed by atoms with Gasteiger partial charge in [-0.05, 0) is 36.8 Å². The van der Waals surface area contributed by atoms with Gasteiger partial charge in [-0.25, -0.2) is 0 Å². The highest BCUT2D eigenvalue weighted by Gasteiger charge is 2.15. The van der Waals surface area contributed by atoms with Crippen LogP contribution in [0.15, 0.2) is 78.9 Å². The van der Waals surface area contributed by atoms with Crippen molar-refractivity contribution >= 4 is 17.4 Å². The van der Waals surface area contributed by atoms with E-state index in [4.69, 9.17) is 9.47 Å². The summed E-state index contributed by atoms with van der Waals surface area (Å²) in [6.45, 7) is 1.98. The summed E-state index contributed by atoms with van der Waals surface area (Å²) in [6, 6.07) is 23.4. The smallest absolute Gasteiger partial charge is 0.253 e. The first kappa shape index (κ1) is 20.3. The number of anilines is 1. The first-order valence-electron chi connectivity index (χ1n) is 9.32. The SMILES string of the molecule is COc1cccc(COC(C)C(=O)Nc2cccc(C(=O)c3ccccc3)c2)c1. The molecule has 0 heterocycles. The zero-order valence-electron chi connectivity index (χ0n) is 16.4. The highest BCUT2D eigenvalue weighted by Crippen LogP contribution is 2.17. The fraction of sp³-hybridized carbons (Fsp3) is 0.167. The Bertz CT molecular complexity index is 985. The number of hydrogen-bond donors (Lipinski definition) is 1. The zero-order valence-corrected chi connectivity index (χ0v) is 16.4. The summed E-state index contributed by atoms with van der Waals surface area (Å²) < 4.78 is 10.9. The molecule has 0 aliphatic carbocycles. The lowest BCUT2D eigenvalue weighted by Crippen LogP contribution is -2.27. The Morgan fingerprint density at radius 3 is 2.38 bits per heavy atom. The summed E-state index contributed by atoms with van der Waals surface area (Å²) in [4.78, 5) is 25.0. The van der Waals surface area contributed by atoms with Crippen molar-refractivity contribution in [2.45, 2.75) is 19.6 Å². The second-order valence-electron chi connectivity index (χ2n) is 6.57. The van der Waals surface area contributed by atoms with Gasteiger partial charge >= 0.3 is 0 Å². The van der Waals surface area contributed by atoms with Crippen molar-refractivity contribution in [2.75, 3.05) is 12.4 Å². The third kappa shape index (κ3) is 5.53. The van der Waals surface area contributed by atoms with Crippen molar-refractivity contribution in [3.05, 3.63) is 95.6 Å². The van der Waals surface area contributed by atoms with Crippen LogP contribution >= 0.6 is 0 Å². The van der Waals surface area contributed by atoms with E-state index in [1.165, 1.54) is 0 Å². The molecular formula is C24H23NO4. The fourth-order valence-corrected chi connectivity index (χ4v) is 2.80. The van der Waals surface area contributed by atoms with Crippen LogP contribution in [0.1, 0.15) is 28.4 Å². The Morgan fingerprint density at radius 2 is 1.62 bits per heavy atom. The van der Waals surface area contributed by atoms with Gasteiger partial charge in [0.15, 0.2) is 5.78 Å². The van der Waals surface area contributed by atoms with Crippen molar-refractivity contribution in [3.63, 3.8) is 0 Å². The van der Waals surface area contributed by atoms with E-state index >= 15 is 0 Å². The number of ketones is 1. The molecule has 0 radical (unpaired) electrons. The molecule has 0 bridgehead atoms. The van der Waals surface area contributed by atoms with E-state index in [2.05, 4.69) is 5.32 Å². The Balaban J connectivity index is 1.60. The number of amides is 1. The summed E-state index contributed by atoms with van der Waals surface area (Å²) in [5.74, 6) is 0.365. The van der Waals surface area contributed by atoms with Gasteiger partial charge in [0.2, 0.25) is 0 Å². The minimum absolute atomic E-state index is 0.0935. The second-order valence-corrected chi connectivity index (χ2v) is 6.57. The van der Waals surface area contributed by atoms with Gasteiger partial charge in [0, 0.05) is 16.8 Å². The molecule has 1 N–H and O–H groups in total. The molecular weight excluding hydrogens is 366 g/mol. The largest absolute Gasteiger partial charge is 0.497 e. The summed E-state index contributed by atoms with van der Waals surface area (Å²) in [6.07, 6.45) is -0.658. The molecule has 3 aromatic carbocycles. The highest BCUT2D eigenvalue weighted by molar-refractivity contribution is 6.09. The Kier molecular flexibility index (Phi) is 6.76. The maximum absolute atomic E-state index is 12.6. The van der Waals surface area contributed by atoms with Crippen molar-refractivity contribution in [1.82, 2.24) is 0 Å². The van der Waals surface area contributed by atoms with Gasteiger partial charge in [0.1, 0.15) is 11.9 Å². The molecule has 5 nitrogen and oxygen atoms in total. The van der Waals surface area contributed by atoms with Crippen molar-refractivity contribution in [2.24, 2.45) is 0 Å². The highest BCUT2D eigenvalue weighted by atomic mass is 16.5. The number of ether oxygens (including phenoxy) is 2. The van der Waals surface area contributed by atoms with E-state index in [1.807, 2.05) is 42.5 Å². The second kappa shape index (κ2) is 9.66. The van der Waals surface area contributed by atoms with Crippen molar-refractivity contribution in [3.8, 4) is 5.75 Å². The van der Waals surface area contributed by atoms with Crippen LogP contribution in [0, 0.1) is 0 Å². The number of rotatable bonds is 8. The average molecular weight is 389 g/mol. The number of nitrogens with one attached hydrogen (secondary N) is 1. The van der Waals surface area contributed by atoms with Crippen molar-refractivity contribution < 1.29 is 19.1 Å². The lowest BCUT2D eigenvalue weighted by molar-refractivity contribution is -0.127. The molecule has 3 aromatic rings. The normalized spacial score (nSPS) is 11.5. The van der Waals surface area contributed by atoms with Gasteiger partial charge in [-0.3, -0.25) is 9.59 Å². The molecule has 0 spiro atoms. The first-order chi connectivity index (χ1) is 14.1. The number of carbonyl (C=O) groups excluding carboxylic acids is 2. The minimum atomic E-state index is -0.658. The molecule has 0 saturated carbocycles. The fourth-order valence-electron chi connectivity index (χ4n) is 2.80. The van der Waals surface area contributed by atoms with Gasteiger partial charge < -0.3 is 14.8 Å². The Morgan fingerprint density at radius 1 is 0.897 bits per heavy atom. The van der Waals surface area contributed by atoms with Gasteiger partial charge in [0.25, 0.3) is 5.91 Å². The number of benzene rings is 3. The lowest BCUT2D eigenvalue weighted by Gasteiger charge is -2.14. The van der Waals surface area contributed by atoms with Crippen LogP contribution in [-0.2, 0) is 16.1 Å². The van der Waals surface area contributed by atoms with Crippen LogP contribution in [0.4, 0.5) is 5.69 Å². The third-order valence-electron chi connectivity index (χ3n) is 4.43. The standard InChI is InChI=1S/C24H23NO4/c1-17(29-16-18-8-6-13-22(14-18)28-2)24(27)25-21-12-7-11-20(15-21)23(26)19-9-4-3-5-10-19/h3-15,17H,16H2,1-2H3,(H,25,27). The van der Waals surface area contributed by atoms with Crippen LogP contribution in [0.2, 0.25) is 0 Å². The molecule has 29 heavy (non-hydrogen) atoms. The summed E-state index contributed by atoms with van der Waals surface area (Å²) in [5, 5.41) is 2.81. The predicted octanol–water partition coefficient (Wildman–Crippen LogP) is 4.47. The van der Waals surface area contributed by atoms with Crippen LogP contribution in [0.3, 0.4) is 0 Å². The quantitative estimate of drug-likeness (QED) is 0.578. The maximum Gasteiger partial charge on any atom is 0.253 e. The van der Waals surface area contributed by atoms with E-state index in [9.17, 15) is 9.59 Å². The molecule has 1 atom stereocenters. The maximum atomic E-state index is 12.6. The zero-order chi connectivity index (χ0) is 20.6. The monoisotopic (exact) mass is 389 g/mol. The first-order valence-corrected chi connectivity index (χ1v) is 9.32. The summed E-state index contributed by atoms with van der Waals surface area (Å²) in [7, 11) is 1.60. The predicted molar refractivity (Wildman–Crippen MR) is 112 cm³/mol. The summed E-state index contributed by atoms with van der Waals surface area (Å²) in [5.41, 5.74) is 2.58. The van der Waals surface area contributed by atoms with E-state index < -0.39 is 6.10 Å². The van der Waals surface area contributed by atoms with Crippen LogP contribution in [-0.4, -0.2) is 24.9 Å². The minimum Gasteiger partial charge on any atom is -0.497 e. The Labute approximate surface area is 170 Å². The number of hydrogen-bond acceptors (Lipinski definition) is 4. The van der Waals surface area contributed by atoms with Gasteiger partial charge in [-0.1, -0.05) is 54.6 Å². The van der Waals surface area contributed by atoms with E-state index in [0.29, 0.717) is 16.8 Å². The molecule has 0 saturated heterocycles. The number of carbonyl (C=O) groups is 2. The average Bonchev–Trinajstić information content (AvgIpc) is 2.77. The van der Waals surface area contributed by atoms with Gasteiger partial charge in [-0.15, -0.1) is 0 Å². The molecule has 0 fully saturated rings. The molecule has 1 unspecified atom stereocenters. The molecule has 1 amide bonds. The molecule has 5 heteroatoms. The molecule has 0 aliphatic heterocycles. The van der Waals surface area contributed by atoms with E-state index in [1.54, 1.807) is 50.4 Å². The topological polar surface area (TPSA) is 64.6 Å². The molecule has 3 rings (SSSR count). The van der Waals surface area contributed by atoms with Crippen molar-refractivity contribution in [1.29, 1.82) is 0 Å². The van der Waals surface area contributed by atoms with Gasteiger partial charge in [-0.2, -0.15) is 0 Å². The lowest BCUT2D eigenvalue weighted by atomic mass is 10.0. The number of methoxy groups -OCH3 is 1. The Hall–Kier alpha value is -3.44. The van der Waals surface area contributed by atoms with Gasteiger partial charge in [0.05, 0.1) is 13.7 Å². The van der Waals surface area contributed by atoms with E-state index in [-0.39, 0.29) is 18.3 Å².